The molecule has 2 N–H and O–H groups in total. The number of nitrogens with zero attached hydrogens (tertiary/aromatic N) is 1. The summed E-state index contributed by atoms with van der Waals surface area (Å²) in [5, 5.41) is 10.6. The third kappa shape index (κ3) is 3.08. The minimum Gasteiger partial charge on any atom is -0.307 e. The van der Waals surface area contributed by atoms with Crippen LogP contribution in [0.15, 0.2) is 12.4 Å². The normalized spacial score (nSPS) is 28.6. The number of nitrogens with one attached hydrogen (secondary N) is 2. The van der Waals surface area contributed by atoms with Crippen molar-refractivity contribution in [1.29, 1.82) is 0 Å². The fourth-order valence-electron chi connectivity index (χ4n) is 2.60. The molecule has 16 heavy (non-hydrogen) atoms. The van der Waals surface area contributed by atoms with Gasteiger partial charge in [0.25, 0.3) is 0 Å². The number of aromatic nitrogens is 2. The molecule has 1 aromatic rings. The minimum absolute atomic E-state index is 0.414. The molecule has 90 valence electrons. The lowest BCUT2D eigenvalue weighted by Crippen LogP contribution is -2.30. The van der Waals surface area contributed by atoms with Crippen LogP contribution in [-0.4, -0.2) is 16.2 Å². The quantitative estimate of drug-likeness (QED) is 0.770. The molecule has 0 aromatic carbocycles. The Balaban J connectivity index is 1.84. The predicted octanol–water partition coefficient (Wildman–Crippen LogP) is 3.03. The molecule has 0 spiro atoms. The van der Waals surface area contributed by atoms with Crippen LogP contribution in [0.3, 0.4) is 0 Å². The van der Waals surface area contributed by atoms with E-state index in [4.69, 9.17) is 0 Å². The van der Waals surface area contributed by atoms with Crippen molar-refractivity contribution in [1.82, 2.24) is 15.5 Å². The third-order valence-corrected chi connectivity index (χ3v) is 3.76. The molecule has 2 rings (SSSR count). The van der Waals surface area contributed by atoms with E-state index in [1.807, 2.05) is 12.4 Å². The summed E-state index contributed by atoms with van der Waals surface area (Å²) < 4.78 is 0. The van der Waals surface area contributed by atoms with Gasteiger partial charge >= 0.3 is 0 Å². The molecule has 0 amide bonds. The second-order valence-electron chi connectivity index (χ2n) is 5.23. The lowest BCUT2D eigenvalue weighted by Gasteiger charge is -2.21. The minimum atomic E-state index is 0.414. The topological polar surface area (TPSA) is 40.7 Å². The fraction of sp³-hybridized carbons (Fsp3) is 0.769. The zero-order chi connectivity index (χ0) is 11.4. The van der Waals surface area contributed by atoms with Crippen molar-refractivity contribution in [3.63, 3.8) is 0 Å². The van der Waals surface area contributed by atoms with Crippen molar-refractivity contribution in [2.75, 3.05) is 0 Å². The average molecular weight is 221 g/mol. The van der Waals surface area contributed by atoms with Crippen molar-refractivity contribution in [3.05, 3.63) is 18.0 Å². The van der Waals surface area contributed by atoms with Gasteiger partial charge in [-0.2, -0.15) is 5.10 Å². The van der Waals surface area contributed by atoms with E-state index < -0.39 is 0 Å². The first-order valence-electron chi connectivity index (χ1n) is 6.50. The monoisotopic (exact) mass is 221 g/mol. The molecule has 1 saturated carbocycles. The summed E-state index contributed by atoms with van der Waals surface area (Å²) in [6, 6.07) is 1.10. The number of H-pyrrole nitrogens is 1. The molecule has 3 unspecified atom stereocenters. The van der Waals surface area contributed by atoms with Gasteiger partial charge in [0.2, 0.25) is 0 Å². The highest BCUT2D eigenvalue weighted by Gasteiger charge is 2.18. The van der Waals surface area contributed by atoms with E-state index in [2.05, 4.69) is 29.4 Å². The molecular weight excluding hydrogens is 198 g/mol. The molecule has 1 fully saturated rings. The molecule has 3 heteroatoms. The molecule has 3 nitrogen and oxygen atoms in total. The Morgan fingerprint density at radius 3 is 3.00 bits per heavy atom. The Kier molecular flexibility index (Phi) is 3.99. The van der Waals surface area contributed by atoms with Gasteiger partial charge < -0.3 is 5.32 Å². The van der Waals surface area contributed by atoms with Gasteiger partial charge in [0, 0.05) is 23.8 Å². The van der Waals surface area contributed by atoms with Crippen LogP contribution in [0.25, 0.3) is 0 Å². The molecule has 1 aliphatic carbocycles. The first-order chi connectivity index (χ1) is 7.75. The van der Waals surface area contributed by atoms with Gasteiger partial charge in [-0.1, -0.05) is 19.8 Å². The van der Waals surface area contributed by atoms with Crippen LogP contribution in [0.5, 0.6) is 0 Å². The summed E-state index contributed by atoms with van der Waals surface area (Å²) in [7, 11) is 0. The molecule has 1 aromatic heterocycles. The molecule has 0 bridgehead atoms. The van der Waals surface area contributed by atoms with Crippen LogP contribution in [0.1, 0.15) is 57.6 Å². The molecule has 1 aliphatic rings. The molecule has 1 heterocycles. The van der Waals surface area contributed by atoms with Gasteiger partial charge in [-0.15, -0.1) is 0 Å². The van der Waals surface area contributed by atoms with Crippen molar-refractivity contribution >= 4 is 0 Å². The van der Waals surface area contributed by atoms with Crippen molar-refractivity contribution in [2.24, 2.45) is 5.92 Å². The molecule has 0 aliphatic heterocycles. The number of aromatic amines is 1. The van der Waals surface area contributed by atoms with E-state index in [1.165, 1.54) is 37.7 Å². The van der Waals surface area contributed by atoms with Crippen LogP contribution in [0, 0.1) is 5.92 Å². The number of hydrogen-bond acceptors (Lipinski definition) is 2. The second-order valence-corrected chi connectivity index (χ2v) is 5.23. The van der Waals surface area contributed by atoms with Gasteiger partial charge in [-0.25, -0.2) is 0 Å². The van der Waals surface area contributed by atoms with Gasteiger partial charge in [-0.3, -0.25) is 5.10 Å². The van der Waals surface area contributed by atoms with Crippen molar-refractivity contribution in [3.8, 4) is 0 Å². The number of hydrogen-bond donors (Lipinski definition) is 2. The maximum absolute atomic E-state index is 4.00. The Hall–Kier alpha value is -0.830. The maximum Gasteiger partial charge on any atom is 0.0534 e. The first kappa shape index (κ1) is 11.6. The summed E-state index contributed by atoms with van der Waals surface area (Å²) >= 11 is 0. The van der Waals surface area contributed by atoms with E-state index in [0.717, 1.165) is 5.92 Å². The van der Waals surface area contributed by atoms with Gasteiger partial charge in [0.05, 0.1) is 6.20 Å². The average Bonchev–Trinajstić information content (AvgIpc) is 2.72. The van der Waals surface area contributed by atoms with Crippen LogP contribution in [-0.2, 0) is 0 Å². The Morgan fingerprint density at radius 2 is 2.25 bits per heavy atom. The highest BCUT2D eigenvalue weighted by Crippen LogP contribution is 2.24. The van der Waals surface area contributed by atoms with E-state index in [9.17, 15) is 0 Å². The molecular formula is C13H23N3. The van der Waals surface area contributed by atoms with E-state index in [0.29, 0.717) is 12.1 Å². The zero-order valence-corrected chi connectivity index (χ0v) is 10.4. The standard InChI is InChI=1S/C13H23N3/c1-10-4-3-5-13(7-6-10)16-11(2)12-8-14-15-9-12/h8-11,13,16H,3-7H2,1-2H3,(H,14,15). The fourth-order valence-corrected chi connectivity index (χ4v) is 2.60. The van der Waals surface area contributed by atoms with Crippen LogP contribution in [0.4, 0.5) is 0 Å². The molecule has 0 radical (unpaired) electrons. The van der Waals surface area contributed by atoms with Crippen LogP contribution < -0.4 is 5.32 Å². The highest BCUT2D eigenvalue weighted by molar-refractivity contribution is 5.08. The summed E-state index contributed by atoms with van der Waals surface area (Å²) in [4.78, 5) is 0. The highest BCUT2D eigenvalue weighted by atomic mass is 15.1. The third-order valence-electron chi connectivity index (χ3n) is 3.76. The Morgan fingerprint density at radius 1 is 1.38 bits per heavy atom. The van der Waals surface area contributed by atoms with E-state index in [1.54, 1.807) is 0 Å². The van der Waals surface area contributed by atoms with E-state index in [-0.39, 0.29) is 0 Å². The summed E-state index contributed by atoms with van der Waals surface area (Å²) in [5.41, 5.74) is 1.26. The predicted molar refractivity (Wildman–Crippen MR) is 66.2 cm³/mol. The van der Waals surface area contributed by atoms with Crippen LogP contribution >= 0.6 is 0 Å². The van der Waals surface area contributed by atoms with Gasteiger partial charge in [0.15, 0.2) is 0 Å². The number of rotatable bonds is 3. The summed E-state index contributed by atoms with van der Waals surface area (Å²) in [6.45, 7) is 4.60. The molecule has 3 atom stereocenters. The second kappa shape index (κ2) is 5.48. The molecule has 0 saturated heterocycles. The lowest BCUT2D eigenvalue weighted by molar-refractivity contribution is 0.408. The van der Waals surface area contributed by atoms with Crippen molar-refractivity contribution < 1.29 is 0 Å². The summed E-state index contributed by atoms with van der Waals surface area (Å²) in [6.07, 6.45) is 10.7. The summed E-state index contributed by atoms with van der Waals surface area (Å²) in [5.74, 6) is 0.913. The maximum atomic E-state index is 4.00. The largest absolute Gasteiger partial charge is 0.307 e. The van der Waals surface area contributed by atoms with Crippen molar-refractivity contribution in [2.45, 2.75) is 58.0 Å². The zero-order valence-electron chi connectivity index (χ0n) is 10.4. The van der Waals surface area contributed by atoms with Crippen LogP contribution in [0.2, 0.25) is 0 Å². The SMILES string of the molecule is CC1CCCC(NC(C)c2cn[nH]c2)CC1. The Bertz CT molecular complexity index is 294. The smallest absolute Gasteiger partial charge is 0.0534 e. The van der Waals surface area contributed by atoms with Gasteiger partial charge in [-0.05, 0) is 32.1 Å². The Labute approximate surface area is 98.0 Å². The van der Waals surface area contributed by atoms with E-state index >= 15 is 0 Å². The van der Waals surface area contributed by atoms with Gasteiger partial charge in [0.1, 0.15) is 0 Å². The first-order valence-corrected chi connectivity index (χ1v) is 6.50. The lowest BCUT2D eigenvalue weighted by atomic mass is 10.0.